The summed E-state index contributed by atoms with van der Waals surface area (Å²) >= 11 is 0. The van der Waals surface area contributed by atoms with Gasteiger partial charge in [0.05, 0.1) is 23.5 Å². The molecule has 0 radical (unpaired) electrons. The number of rotatable bonds is 6. The lowest BCUT2D eigenvalue weighted by Gasteiger charge is -2.23. The van der Waals surface area contributed by atoms with E-state index in [0.29, 0.717) is 17.9 Å². The Bertz CT molecular complexity index is 401. The quantitative estimate of drug-likeness (QED) is 0.623. The minimum absolute atomic E-state index is 0.311. The van der Waals surface area contributed by atoms with E-state index in [0.717, 1.165) is 25.2 Å². The number of ether oxygens (including phenoxy) is 1. The molecule has 4 nitrogen and oxygen atoms in total. The van der Waals surface area contributed by atoms with Crippen LogP contribution in [0, 0.1) is 0 Å². The lowest BCUT2D eigenvalue weighted by Crippen LogP contribution is -2.23. The zero-order valence-electron chi connectivity index (χ0n) is 11.4. The van der Waals surface area contributed by atoms with E-state index in [2.05, 4.69) is 18.7 Å². The SMILES string of the molecule is CCCOC(=O)c1ccc(N(CC)CC)c(N)c1. The second-order valence-electron chi connectivity index (χ2n) is 4.08. The monoisotopic (exact) mass is 250 g/mol. The Morgan fingerprint density at radius 1 is 1.28 bits per heavy atom. The van der Waals surface area contributed by atoms with Crippen molar-refractivity contribution in [2.45, 2.75) is 27.2 Å². The summed E-state index contributed by atoms with van der Waals surface area (Å²) in [6.07, 6.45) is 0.818. The molecule has 0 atom stereocenters. The van der Waals surface area contributed by atoms with Crippen LogP contribution in [0.1, 0.15) is 37.6 Å². The fraction of sp³-hybridized carbons (Fsp3) is 0.500. The summed E-state index contributed by atoms with van der Waals surface area (Å²) in [5, 5.41) is 0. The standard InChI is InChI=1S/C14H22N2O2/c1-4-9-18-14(17)11-7-8-13(12(15)10-11)16(5-2)6-3/h7-8,10H,4-6,9,15H2,1-3H3. The first-order valence-corrected chi connectivity index (χ1v) is 6.45. The highest BCUT2D eigenvalue weighted by molar-refractivity contribution is 5.92. The number of carbonyl (C=O) groups excluding carboxylic acids is 1. The van der Waals surface area contributed by atoms with E-state index < -0.39 is 0 Å². The Labute approximate surface area is 109 Å². The van der Waals surface area contributed by atoms with Crippen LogP contribution in [0.15, 0.2) is 18.2 Å². The van der Waals surface area contributed by atoms with Gasteiger partial charge in [0.1, 0.15) is 0 Å². The van der Waals surface area contributed by atoms with Gasteiger partial charge >= 0.3 is 5.97 Å². The second-order valence-corrected chi connectivity index (χ2v) is 4.08. The second kappa shape index (κ2) is 6.89. The Morgan fingerprint density at radius 2 is 1.94 bits per heavy atom. The van der Waals surface area contributed by atoms with E-state index >= 15 is 0 Å². The van der Waals surface area contributed by atoms with E-state index in [9.17, 15) is 4.79 Å². The molecular formula is C14H22N2O2. The van der Waals surface area contributed by atoms with Crippen LogP contribution in [0.25, 0.3) is 0 Å². The number of hydrogen-bond acceptors (Lipinski definition) is 4. The van der Waals surface area contributed by atoms with Gasteiger partial charge in [-0.3, -0.25) is 0 Å². The largest absolute Gasteiger partial charge is 0.462 e. The number of nitrogens with zero attached hydrogens (tertiary/aromatic N) is 1. The summed E-state index contributed by atoms with van der Waals surface area (Å²) in [5.41, 5.74) is 8.08. The summed E-state index contributed by atoms with van der Waals surface area (Å²) in [4.78, 5) is 13.8. The molecule has 0 spiro atoms. The molecule has 0 aliphatic carbocycles. The van der Waals surface area contributed by atoms with Crippen LogP contribution in [0.2, 0.25) is 0 Å². The van der Waals surface area contributed by atoms with Crippen molar-refractivity contribution < 1.29 is 9.53 Å². The van der Waals surface area contributed by atoms with Gasteiger partial charge in [-0.15, -0.1) is 0 Å². The zero-order chi connectivity index (χ0) is 13.5. The third-order valence-corrected chi connectivity index (χ3v) is 2.80. The van der Waals surface area contributed by atoms with Crippen molar-refractivity contribution in [3.05, 3.63) is 23.8 Å². The van der Waals surface area contributed by atoms with Crippen molar-refractivity contribution >= 4 is 17.3 Å². The molecule has 0 aromatic heterocycles. The first-order valence-electron chi connectivity index (χ1n) is 6.45. The minimum atomic E-state index is -0.311. The maximum atomic E-state index is 11.7. The number of nitrogens with two attached hydrogens (primary N) is 1. The topological polar surface area (TPSA) is 55.6 Å². The van der Waals surface area contributed by atoms with Gasteiger partial charge in [-0.2, -0.15) is 0 Å². The molecule has 18 heavy (non-hydrogen) atoms. The number of esters is 1. The highest BCUT2D eigenvalue weighted by Gasteiger charge is 2.11. The van der Waals surface area contributed by atoms with Crippen LogP contribution in [0.3, 0.4) is 0 Å². The normalized spacial score (nSPS) is 10.2. The van der Waals surface area contributed by atoms with Crippen LogP contribution in [-0.4, -0.2) is 25.7 Å². The van der Waals surface area contributed by atoms with Gasteiger partial charge in [0, 0.05) is 13.1 Å². The van der Waals surface area contributed by atoms with E-state index in [1.165, 1.54) is 0 Å². The maximum Gasteiger partial charge on any atom is 0.338 e. The Balaban J connectivity index is 2.88. The molecule has 0 saturated heterocycles. The average molecular weight is 250 g/mol. The van der Waals surface area contributed by atoms with Gasteiger partial charge in [0.15, 0.2) is 0 Å². The molecule has 0 saturated carbocycles. The van der Waals surface area contributed by atoms with Crippen molar-refractivity contribution in [2.24, 2.45) is 0 Å². The number of carbonyl (C=O) groups is 1. The van der Waals surface area contributed by atoms with Gasteiger partial charge in [-0.25, -0.2) is 4.79 Å². The molecule has 1 rings (SSSR count). The van der Waals surface area contributed by atoms with Crippen LogP contribution in [0.4, 0.5) is 11.4 Å². The lowest BCUT2D eigenvalue weighted by atomic mass is 10.1. The summed E-state index contributed by atoms with van der Waals surface area (Å²) < 4.78 is 5.08. The molecule has 2 N–H and O–H groups in total. The summed E-state index contributed by atoms with van der Waals surface area (Å²) in [6.45, 7) is 8.33. The highest BCUT2D eigenvalue weighted by Crippen LogP contribution is 2.24. The molecular weight excluding hydrogens is 228 g/mol. The van der Waals surface area contributed by atoms with Crippen molar-refractivity contribution in [1.29, 1.82) is 0 Å². The molecule has 0 bridgehead atoms. The first kappa shape index (κ1) is 14.4. The molecule has 0 amide bonds. The van der Waals surface area contributed by atoms with Crippen LogP contribution >= 0.6 is 0 Å². The van der Waals surface area contributed by atoms with Gasteiger partial charge < -0.3 is 15.4 Å². The third kappa shape index (κ3) is 3.39. The summed E-state index contributed by atoms with van der Waals surface area (Å²) in [7, 11) is 0. The Morgan fingerprint density at radius 3 is 2.44 bits per heavy atom. The first-order chi connectivity index (χ1) is 8.63. The smallest absolute Gasteiger partial charge is 0.338 e. The van der Waals surface area contributed by atoms with Gasteiger partial charge in [0.25, 0.3) is 0 Å². The summed E-state index contributed by atoms with van der Waals surface area (Å²) in [6, 6.07) is 5.33. The van der Waals surface area contributed by atoms with Gasteiger partial charge in [-0.05, 0) is 38.5 Å². The van der Waals surface area contributed by atoms with Crippen molar-refractivity contribution in [2.75, 3.05) is 30.3 Å². The van der Waals surface area contributed by atoms with Gasteiger partial charge in [0.2, 0.25) is 0 Å². The molecule has 0 aliphatic rings. The molecule has 0 heterocycles. The number of hydrogen-bond donors (Lipinski definition) is 1. The average Bonchev–Trinajstić information content (AvgIpc) is 2.39. The van der Waals surface area contributed by atoms with Crippen molar-refractivity contribution in [1.82, 2.24) is 0 Å². The fourth-order valence-corrected chi connectivity index (χ4v) is 1.81. The minimum Gasteiger partial charge on any atom is -0.462 e. The van der Waals surface area contributed by atoms with E-state index in [-0.39, 0.29) is 5.97 Å². The van der Waals surface area contributed by atoms with E-state index in [4.69, 9.17) is 10.5 Å². The van der Waals surface area contributed by atoms with Gasteiger partial charge in [-0.1, -0.05) is 6.92 Å². The molecule has 4 heteroatoms. The third-order valence-electron chi connectivity index (χ3n) is 2.80. The maximum absolute atomic E-state index is 11.7. The van der Waals surface area contributed by atoms with E-state index in [1.54, 1.807) is 12.1 Å². The Kier molecular flexibility index (Phi) is 5.49. The molecule has 1 aromatic rings. The predicted octanol–water partition coefficient (Wildman–Crippen LogP) is 2.68. The highest BCUT2D eigenvalue weighted by atomic mass is 16.5. The predicted molar refractivity (Wildman–Crippen MR) is 75.0 cm³/mol. The molecule has 0 fully saturated rings. The summed E-state index contributed by atoms with van der Waals surface area (Å²) in [5.74, 6) is -0.311. The van der Waals surface area contributed by atoms with Crippen LogP contribution in [0.5, 0.6) is 0 Å². The number of nitrogen functional groups attached to an aromatic ring is 1. The fourth-order valence-electron chi connectivity index (χ4n) is 1.81. The number of benzene rings is 1. The zero-order valence-corrected chi connectivity index (χ0v) is 11.4. The molecule has 0 aliphatic heterocycles. The molecule has 100 valence electrons. The van der Waals surface area contributed by atoms with Crippen LogP contribution < -0.4 is 10.6 Å². The molecule has 0 unspecified atom stereocenters. The van der Waals surface area contributed by atoms with Crippen LogP contribution in [-0.2, 0) is 4.74 Å². The Hall–Kier alpha value is -1.71. The lowest BCUT2D eigenvalue weighted by molar-refractivity contribution is 0.0505. The van der Waals surface area contributed by atoms with E-state index in [1.807, 2.05) is 13.0 Å². The van der Waals surface area contributed by atoms with Crippen molar-refractivity contribution in [3.8, 4) is 0 Å². The van der Waals surface area contributed by atoms with Crippen molar-refractivity contribution in [3.63, 3.8) is 0 Å². The molecule has 1 aromatic carbocycles. The number of anilines is 2.